The van der Waals surface area contributed by atoms with Crippen molar-refractivity contribution in [2.45, 2.75) is 6.10 Å². The molecule has 2 aromatic rings. The van der Waals surface area contributed by atoms with Gasteiger partial charge in [-0.05, 0) is 24.3 Å². The second kappa shape index (κ2) is 8.51. The number of anilines is 1. The van der Waals surface area contributed by atoms with Crippen LogP contribution in [0.25, 0.3) is 0 Å². The minimum atomic E-state index is -0.892. The van der Waals surface area contributed by atoms with Crippen molar-refractivity contribution in [1.82, 2.24) is 5.32 Å². The van der Waals surface area contributed by atoms with E-state index in [-0.39, 0.29) is 29.5 Å². The number of phenols is 1. The highest BCUT2D eigenvalue weighted by Crippen LogP contribution is 2.33. The second-order valence-electron chi connectivity index (χ2n) is 6.13. The van der Waals surface area contributed by atoms with Crippen molar-refractivity contribution in [3.05, 3.63) is 48.0 Å². The number of nitrogens with zero attached hydrogens (tertiary/aromatic N) is 1. The lowest BCUT2D eigenvalue weighted by Crippen LogP contribution is -2.51. The van der Waals surface area contributed by atoms with Gasteiger partial charge in [0.05, 0.1) is 19.3 Å². The zero-order chi connectivity index (χ0) is 21.0. The normalized spacial score (nSPS) is 15.0. The molecule has 0 bridgehead atoms. The summed E-state index contributed by atoms with van der Waals surface area (Å²) in [6.07, 6.45) is -0.892. The van der Waals surface area contributed by atoms with E-state index in [1.54, 1.807) is 24.3 Å². The Kier molecular flexibility index (Phi) is 5.87. The Morgan fingerprint density at radius 2 is 1.97 bits per heavy atom. The number of likely N-dealkylation sites (N-methyl/N-ethyl adjacent to an activating group) is 1. The number of hydrogen-bond donors (Lipinski definition) is 2. The predicted octanol–water partition coefficient (Wildman–Crippen LogP) is 1.10. The molecular weight excluding hydrogens is 380 g/mol. The van der Waals surface area contributed by atoms with E-state index < -0.39 is 24.6 Å². The first-order valence-corrected chi connectivity index (χ1v) is 8.77. The number of nitrogens with one attached hydrogen (secondary N) is 1. The van der Waals surface area contributed by atoms with Crippen LogP contribution in [0.3, 0.4) is 0 Å². The zero-order valence-corrected chi connectivity index (χ0v) is 15.9. The van der Waals surface area contributed by atoms with Gasteiger partial charge in [0.25, 0.3) is 11.8 Å². The average Bonchev–Trinajstić information content (AvgIpc) is 2.75. The number of carbonyl (C=O) groups excluding carboxylic acids is 3. The molecule has 2 N–H and O–H groups in total. The Labute approximate surface area is 166 Å². The number of para-hydroxylation sites is 3. The highest BCUT2D eigenvalue weighted by molar-refractivity contribution is 6.00. The van der Waals surface area contributed by atoms with E-state index >= 15 is 0 Å². The SMILES string of the molecule is CNC(=O)C1CN(C(=O)COC(=O)c2cccc(OC)c2O)c2ccccc2O1. The first-order valence-electron chi connectivity index (χ1n) is 8.77. The van der Waals surface area contributed by atoms with Gasteiger partial charge in [-0.15, -0.1) is 0 Å². The summed E-state index contributed by atoms with van der Waals surface area (Å²) in [4.78, 5) is 38.3. The Morgan fingerprint density at radius 3 is 2.69 bits per heavy atom. The first kappa shape index (κ1) is 20.0. The molecule has 1 unspecified atom stereocenters. The van der Waals surface area contributed by atoms with E-state index in [1.807, 2.05) is 0 Å². The molecule has 2 aromatic carbocycles. The minimum Gasteiger partial charge on any atom is -0.504 e. The summed E-state index contributed by atoms with van der Waals surface area (Å²) in [5.41, 5.74) is 0.348. The fourth-order valence-electron chi connectivity index (χ4n) is 2.90. The Morgan fingerprint density at radius 1 is 1.21 bits per heavy atom. The van der Waals surface area contributed by atoms with Gasteiger partial charge >= 0.3 is 5.97 Å². The van der Waals surface area contributed by atoms with Crippen molar-refractivity contribution in [2.24, 2.45) is 0 Å². The van der Waals surface area contributed by atoms with Gasteiger partial charge < -0.3 is 29.5 Å². The van der Waals surface area contributed by atoms with Crippen molar-refractivity contribution >= 4 is 23.5 Å². The molecular formula is C20H20N2O7. The predicted molar refractivity (Wildman–Crippen MR) is 102 cm³/mol. The Bertz CT molecular complexity index is 944. The molecule has 9 heteroatoms. The molecule has 2 amide bonds. The van der Waals surface area contributed by atoms with Gasteiger partial charge in [0.15, 0.2) is 24.2 Å². The topological polar surface area (TPSA) is 114 Å². The Balaban J connectivity index is 1.74. The molecule has 29 heavy (non-hydrogen) atoms. The molecule has 0 saturated carbocycles. The maximum Gasteiger partial charge on any atom is 0.342 e. The molecule has 3 rings (SSSR count). The number of benzene rings is 2. The van der Waals surface area contributed by atoms with Crippen molar-refractivity contribution in [2.75, 3.05) is 32.2 Å². The van der Waals surface area contributed by atoms with Crippen molar-refractivity contribution < 1.29 is 33.7 Å². The average molecular weight is 400 g/mol. The van der Waals surface area contributed by atoms with Crippen LogP contribution < -0.4 is 19.7 Å². The van der Waals surface area contributed by atoms with Crippen LogP contribution in [0.15, 0.2) is 42.5 Å². The van der Waals surface area contributed by atoms with E-state index in [4.69, 9.17) is 14.2 Å². The third-order valence-corrected chi connectivity index (χ3v) is 4.38. The van der Waals surface area contributed by atoms with Gasteiger partial charge in [-0.3, -0.25) is 9.59 Å². The third-order valence-electron chi connectivity index (χ3n) is 4.38. The number of rotatable bonds is 5. The molecule has 0 spiro atoms. The lowest BCUT2D eigenvalue weighted by Gasteiger charge is -2.33. The quantitative estimate of drug-likeness (QED) is 0.722. The lowest BCUT2D eigenvalue weighted by atomic mass is 10.1. The number of methoxy groups -OCH3 is 1. The summed E-state index contributed by atoms with van der Waals surface area (Å²) < 4.78 is 15.7. The van der Waals surface area contributed by atoms with Crippen LogP contribution in [-0.4, -0.2) is 56.3 Å². The highest BCUT2D eigenvalue weighted by atomic mass is 16.5. The van der Waals surface area contributed by atoms with E-state index in [0.717, 1.165) is 0 Å². The maximum absolute atomic E-state index is 12.7. The van der Waals surface area contributed by atoms with Gasteiger partial charge in [0.2, 0.25) is 0 Å². The van der Waals surface area contributed by atoms with Gasteiger partial charge in [-0.25, -0.2) is 4.79 Å². The molecule has 1 atom stereocenters. The lowest BCUT2D eigenvalue weighted by molar-refractivity contribution is -0.128. The monoisotopic (exact) mass is 400 g/mol. The van der Waals surface area contributed by atoms with E-state index in [2.05, 4.69) is 5.32 Å². The summed E-state index contributed by atoms with van der Waals surface area (Å²) in [5.74, 6) is -1.68. The molecule has 0 aliphatic carbocycles. The summed E-state index contributed by atoms with van der Waals surface area (Å²) >= 11 is 0. The van der Waals surface area contributed by atoms with E-state index in [0.29, 0.717) is 11.4 Å². The van der Waals surface area contributed by atoms with Gasteiger partial charge in [-0.2, -0.15) is 0 Å². The number of esters is 1. The minimum absolute atomic E-state index is 0.0303. The summed E-state index contributed by atoms with van der Waals surface area (Å²) in [5, 5.41) is 12.5. The number of fused-ring (bicyclic) bond motifs is 1. The van der Waals surface area contributed by atoms with Crippen molar-refractivity contribution in [3.8, 4) is 17.2 Å². The van der Waals surface area contributed by atoms with Crippen LogP contribution in [0.4, 0.5) is 5.69 Å². The largest absolute Gasteiger partial charge is 0.504 e. The number of hydrogen-bond acceptors (Lipinski definition) is 7. The maximum atomic E-state index is 12.7. The van der Waals surface area contributed by atoms with Gasteiger partial charge in [0, 0.05) is 7.05 Å². The highest BCUT2D eigenvalue weighted by Gasteiger charge is 2.33. The van der Waals surface area contributed by atoms with E-state index in [1.165, 1.54) is 37.3 Å². The number of ether oxygens (including phenoxy) is 3. The van der Waals surface area contributed by atoms with Gasteiger partial charge in [-0.1, -0.05) is 18.2 Å². The number of phenolic OH excluding ortho intramolecular Hbond substituents is 1. The summed E-state index contributed by atoms with van der Waals surface area (Å²) in [6.45, 7) is -0.609. The van der Waals surface area contributed by atoms with Crippen LogP contribution in [0.2, 0.25) is 0 Å². The van der Waals surface area contributed by atoms with Crippen LogP contribution >= 0.6 is 0 Å². The van der Waals surface area contributed by atoms with Crippen molar-refractivity contribution in [3.63, 3.8) is 0 Å². The van der Waals surface area contributed by atoms with Crippen LogP contribution in [-0.2, 0) is 14.3 Å². The fourth-order valence-corrected chi connectivity index (χ4v) is 2.90. The number of aromatic hydroxyl groups is 1. The molecule has 0 fully saturated rings. The number of carbonyl (C=O) groups is 3. The third kappa shape index (κ3) is 4.08. The Hall–Kier alpha value is -3.75. The number of amides is 2. The van der Waals surface area contributed by atoms with E-state index in [9.17, 15) is 19.5 Å². The second-order valence-corrected chi connectivity index (χ2v) is 6.13. The molecule has 0 radical (unpaired) electrons. The van der Waals surface area contributed by atoms with Crippen LogP contribution in [0.5, 0.6) is 17.2 Å². The fraction of sp³-hybridized carbons (Fsp3) is 0.250. The van der Waals surface area contributed by atoms with Crippen LogP contribution in [0.1, 0.15) is 10.4 Å². The summed E-state index contributed by atoms with van der Waals surface area (Å²) in [7, 11) is 2.83. The molecule has 1 aliphatic rings. The standard InChI is InChI=1S/C20H20N2O7/c1-21-19(25)16-10-22(13-7-3-4-8-14(13)29-16)17(23)11-28-20(26)12-6-5-9-15(27-2)18(12)24/h3-9,16,24H,10-11H2,1-2H3,(H,21,25). The summed E-state index contributed by atoms with van der Waals surface area (Å²) in [6, 6.07) is 11.1. The smallest absolute Gasteiger partial charge is 0.342 e. The van der Waals surface area contributed by atoms with Crippen molar-refractivity contribution in [1.29, 1.82) is 0 Å². The van der Waals surface area contributed by atoms with Crippen LogP contribution in [0, 0.1) is 0 Å². The zero-order valence-electron chi connectivity index (χ0n) is 15.9. The molecule has 0 aromatic heterocycles. The molecule has 9 nitrogen and oxygen atoms in total. The molecule has 1 heterocycles. The molecule has 0 saturated heterocycles. The molecule has 1 aliphatic heterocycles. The molecule has 152 valence electrons. The first-order chi connectivity index (χ1) is 14.0. The van der Waals surface area contributed by atoms with Gasteiger partial charge in [0.1, 0.15) is 11.3 Å².